The molecule has 1 fully saturated rings. The molecular formula is C15H23NO. The summed E-state index contributed by atoms with van der Waals surface area (Å²) in [5.41, 5.74) is 1.32. The molecule has 1 aromatic carbocycles. The lowest BCUT2D eigenvalue weighted by atomic mass is 9.89. The van der Waals surface area contributed by atoms with Gasteiger partial charge in [0.1, 0.15) is 11.9 Å². The van der Waals surface area contributed by atoms with Gasteiger partial charge in [-0.05, 0) is 36.9 Å². The van der Waals surface area contributed by atoms with Gasteiger partial charge in [0, 0.05) is 6.04 Å². The second-order valence-corrected chi connectivity index (χ2v) is 5.16. The van der Waals surface area contributed by atoms with Crippen molar-refractivity contribution in [3.8, 4) is 5.75 Å². The zero-order chi connectivity index (χ0) is 12.3. The first-order chi connectivity index (χ1) is 8.20. The third-order valence-corrected chi connectivity index (χ3v) is 3.42. The molecule has 2 heteroatoms. The number of ether oxygens (including phenoxy) is 1. The SMILES string of the molecule is CCNC1CC(Oc2ccccc2C(C)C)C1. The molecule has 1 aromatic rings. The quantitative estimate of drug-likeness (QED) is 0.842. The van der Waals surface area contributed by atoms with E-state index >= 15 is 0 Å². The van der Waals surface area contributed by atoms with Crippen LogP contribution in [0.5, 0.6) is 5.75 Å². The number of nitrogens with one attached hydrogen (secondary N) is 1. The molecule has 1 saturated carbocycles. The van der Waals surface area contributed by atoms with Gasteiger partial charge in [0.05, 0.1) is 0 Å². The Balaban J connectivity index is 1.92. The van der Waals surface area contributed by atoms with Crippen LogP contribution < -0.4 is 10.1 Å². The highest BCUT2D eigenvalue weighted by molar-refractivity contribution is 5.35. The van der Waals surface area contributed by atoms with Gasteiger partial charge < -0.3 is 10.1 Å². The van der Waals surface area contributed by atoms with Crippen LogP contribution in [-0.2, 0) is 0 Å². The Labute approximate surface area is 104 Å². The average molecular weight is 233 g/mol. The van der Waals surface area contributed by atoms with Gasteiger partial charge in [-0.3, -0.25) is 0 Å². The molecule has 0 saturated heterocycles. The maximum absolute atomic E-state index is 6.08. The predicted molar refractivity (Wildman–Crippen MR) is 71.6 cm³/mol. The fourth-order valence-corrected chi connectivity index (χ4v) is 2.36. The van der Waals surface area contributed by atoms with Gasteiger partial charge in [-0.1, -0.05) is 39.0 Å². The second-order valence-electron chi connectivity index (χ2n) is 5.16. The minimum absolute atomic E-state index is 0.402. The van der Waals surface area contributed by atoms with Gasteiger partial charge >= 0.3 is 0 Å². The molecule has 2 rings (SSSR count). The normalized spacial score (nSPS) is 23.5. The summed E-state index contributed by atoms with van der Waals surface area (Å²) in [7, 11) is 0. The van der Waals surface area contributed by atoms with E-state index in [4.69, 9.17) is 4.74 Å². The van der Waals surface area contributed by atoms with Crippen molar-refractivity contribution in [2.45, 2.75) is 51.7 Å². The topological polar surface area (TPSA) is 21.3 Å². The number of hydrogen-bond donors (Lipinski definition) is 1. The maximum atomic E-state index is 6.08. The largest absolute Gasteiger partial charge is 0.490 e. The van der Waals surface area contributed by atoms with Gasteiger partial charge in [0.25, 0.3) is 0 Å². The first-order valence-electron chi connectivity index (χ1n) is 6.69. The summed E-state index contributed by atoms with van der Waals surface area (Å²) >= 11 is 0. The zero-order valence-corrected chi connectivity index (χ0v) is 11.1. The fourth-order valence-electron chi connectivity index (χ4n) is 2.36. The molecule has 0 heterocycles. The average Bonchev–Trinajstić information content (AvgIpc) is 2.26. The lowest BCUT2D eigenvalue weighted by Crippen LogP contribution is -2.46. The van der Waals surface area contributed by atoms with Crippen LogP contribution >= 0.6 is 0 Å². The summed E-state index contributed by atoms with van der Waals surface area (Å²) in [5.74, 6) is 1.60. The van der Waals surface area contributed by atoms with Crippen LogP contribution in [-0.4, -0.2) is 18.7 Å². The third kappa shape index (κ3) is 3.01. The summed E-state index contributed by atoms with van der Waals surface area (Å²) in [5, 5.41) is 3.46. The summed E-state index contributed by atoms with van der Waals surface area (Å²) in [6, 6.07) is 9.07. The molecule has 0 aliphatic heterocycles. The third-order valence-electron chi connectivity index (χ3n) is 3.42. The maximum Gasteiger partial charge on any atom is 0.123 e. The number of hydrogen-bond acceptors (Lipinski definition) is 2. The first-order valence-corrected chi connectivity index (χ1v) is 6.69. The Hall–Kier alpha value is -1.02. The van der Waals surface area contributed by atoms with Crippen LogP contribution in [0.1, 0.15) is 45.1 Å². The Kier molecular flexibility index (Phi) is 4.06. The van der Waals surface area contributed by atoms with Crippen LogP contribution in [0.4, 0.5) is 0 Å². The molecule has 1 N–H and O–H groups in total. The second kappa shape index (κ2) is 5.54. The molecule has 94 valence electrons. The van der Waals surface area contributed by atoms with Crippen LogP contribution in [0.15, 0.2) is 24.3 Å². The van der Waals surface area contributed by atoms with E-state index in [9.17, 15) is 0 Å². The van der Waals surface area contributed by atoms with E-state index in [1.165, 1.54) is 5.56 Å². The molecule has 2 nitrogen and oxygen atoms in total. The summed E-state index contributed by atoms with van der Waals surface area (Å²) in [6.45, 7) is 7.64. The van der Waals surface area contributed by atoms with E-state index < -0.39 is 0 Å². The number of para-hydroxylation sites is 1. The van der Waals surface area contributed by atoms with Gasteiger partial charge in [-0.25, -0.2) is 0 Å². The van der Waals surface area contributed by atoms with E-state index in [1.807, 2.05) is 0 Å². The monoisotopic (exact) mass is 233 g/mol. The molecule has 0 spiro atoms. The van der Waals surface area contributed by atoms with Gasteiger partial charge in [-0.2, -0.15) is 0 Å². The van der Waals surface area contributed by atoms with Crippen molar-refractivity contribution in [2.75, 3.05) is 6.54 Å². The van der Waals surface area contributed by atoms with Crippen molar-refractivity contribution in [3.05, 3.63) is 29.8 Å². The molecule has 1 aliphatic rings. The lowest BCUT2D eigenvalue weighted by Gasteiger charge is -2.36. The smallest absolute Gasteiger partial charge is 0.123 e. The van der Waals surface area contributed by atoms with Crippen molar-refractivity contribution < 1.29 is 4.74 Å². The molecule has 1 aliphatic carbocycles. The Morgan fingerprint density at radius 2 is 2.00 bits per heavy atom. The summed E-state index contributed by atoms with van der Waals surface area (Å²) in [4.78, 5) is 0. The highest BCUT2D eigenvalue weighted by Gasteiger charge is 2.30. The summed E-state index contributed by atoms with van der Waals surface area (Å²) in [6.07, 6.45) is 2.68. The van der Waals surface area contributed by atoms with E-state index in [2.05, 4.69) is 50.4 Å². The molecule has 0 radical (unpaired) electrons. The minimum atomic E-state index is 0.402. The molecule has 0 atom stereocenters. The van der Waals surface area contributed by atoms with E-state index in [0.717, 1.165) is 25.1 Å². The number of rotatable bonds is 5. The van der Waals surface area contributed by atoms with Crippen molar-refractivity contribution >= 4 is 0 Å². The first kappa shape index (κ1) is 12.4. The summed E-state index contributed by atoms with van der Waals surface area (Å²) < 4.78 is 6.08. The molecule has 0 amide bonds. The zero-order valence-electron chi connectivity index (χ0n) is 11.1. The predicted octanol–water partition coefficient (Wildman–Crippen LogP) is 3.33. The minimum Gasteiger partial charge on any atom is -0.490 e. The van der Waals surface area contributed by atoms with Gasteiger partial charge in [0.2, 0.25) is 0 Å². The van der Waals surface area contributed by atoms with Crippen molar-refractivity contribution in [1.29, 1.82) is 0 Å². The molecule has 17 heavy (non-hydrogen) atoms. The Morgan fingerprint density at radius 3 is 2.65 bits per heavy atom. The Morgan fingerprint density at radius 1 is 1.29 bits per heavy atom. The van der Waals surface area contributed by atoms with Crippen molar-refractivity contribution in [3.63, 3.8) is 0 Å². The lowest BCUT2D eigenvalue weighted by molar-refractivity contribution is 0.0847. The van der Waals surface area contributed by atoms with E-state index in [-0.39, 0.29) is 0 Å². The van der Waals surface area contributed by atoms with Crippen LogP contribution in [0, 0.1) is 0 Å². The van der Waals surface area contributed by atoms with Crippen molar-refractivity contribution in [2.24, 2.45) is 0 Å². The molecule has 0 bridgehead atoms. The van der Waals surface area contributed by atoms with Gasteiger partial charge in [-0.15, -0.1) is 0 Å². The number of benzene rings is 1. The van der Waals surface area contributed by atoms with Crippen molar-refractivity contribution in [1.82, 2.24) is 5.32 Å². The molecule has 0 aromatic heterocycles. The highest BCUT2D eigenvalue weighted by Crippen LogP contribution is 2.31. The van der Waals surface area contributed by atoms with E-state index in [1.54, 1.807) is 0 Å². The highest BCUT2D eigenvalue weighted by atomic mass is 16.5. The fraction of sp³-hybridized carbons (Fsp3) is 0.600. The van der Waals surface area contributed by atoms with Crippen LogP contribution in [0.25, 0.3) is 0 Å². The van der Waals surface area contributed by atoms with E-state index in [0.29, 0.717) is 18.1 Å². The van der Waals surface area contributed by atoms with Crippen LogP contribution in [0.3, 0.4) is 0 Å². The molecule has 0 unspecified atom stereocenters. The van der Waals surface area contributed by atoms with Gasteiger partial charge in [0.15, 0.2) is 0 Å². The van der Waals surface area contributed by atoms with Crippen LogP contribution in [0.2, 0.25) is 0 Å². The molecular weight excluding hydrogens is 210 g/mol. The Bertz CT molecular complexity index is 356. The standard InChI is InChI=1S/C15H23NO/c1-4-16-12-9-13(10-12)17-15-8-6-5-7-14(15)11(2)3/h5-8,11-13,16H,4,9-10H2,1-3H3.